The second-order valence-electron chi connectivity index (χ2n) is 2.55. The lowest BCUT2D eigenvalue weighted by atomic mass is 10.3. The summed E-state index contributed by atoms with van der Waals surface area (Å²) in [6, 6.07) is 8.52. The number of hydrogen-bond donors (Lipinski definition) is 2. The number of anilines is 1. The molecule has 2 N–H and O–H groups in total. The molecule has 0 heterocycles. The summed E-state index contributed by atoms with van der Waals surface area (Å²) in [6.07, 6.45) is 0.804. The van der Waals surface area contributed by atoms with E-state index in [0.717, 1.165) is 6.08 Å². The molecule has 0 aliphatic heterocycles. The Morgan fingerprint density at radius 2 is 2.07 bits per heavy atom. The van der Waals surface area contributed by atoms with Gasteiger partial charge in [0, 0.05) is 5.69 Å². The summed E-state index contributed by atoms with van der Waals surface area (Å²) in [6.45, 7) is -0.492. The summed E-state index contributed by atoms with van der Waals surface area (Å²) in [4.78, 5) is 11.0. The van der Waals surface area contributed by atoms with Crippen molar-refractivity contribution in [2.24, 2.45) is 0 Å². The van der Waals surface area contributed by atoms with Gasteiger partial charge in [-0.3, -0.25) is 4.79 Å². The van der Waals surface area contributed by atoms with Gasteiger partial charge < -0.3 is 10.4 Å². The number of halogens is 1. The van der Waals surface area contributed by atoms with Crippen molar-refractivity contribution >= 4 is 11.6 Å². The Morgan fingerprint density at radius 3 is 2.64 bits per heavy atom. The third-order valence-corrected chi connectivity index (χ3v) is 1.52. The Labute approximate surface area is 80.9 Å². The van der Waals surface area contributed by atoms with Crippen molar-refractivity contribution in [2.45, 2.75) is 0 Å². The minimum atomic E-state index is -0.989. The molecule has 0 saturated heterocycles. The van der Waals surface area contributed by atoms with Crippen LogP contribution in [0.1, 0.15) is 0 Å². The van der Waals surface area contributed by atoms with Gasteiger partial charge in [-0.15, -0.1) is 0 Å². The molecule has 1 amide bonds. The molecule has 3 nitrogen and oxygen atoms in total. The molecule has 0 atom stereocenters. The molecule has 74 valence electrons. The van der Waals surface area contributed by atoms with Crippen LogP contribution < -0.4 is 5.32 Å². The highest BCUT2D eigenvalue weighted by molar-refractivity contribution is 6.01. The molecule has 0 aliphatic carbocycles. The van der Waals surface area contributed by atoms with Crippen LogP contribution in [-0.2, 0) is 4.79 Å². The summed E-state index contributed by atoms with van der Waals surface area (Å²) in [5.74, 6) is -1.85. The first-order valence-electron chi connectivity index (χ1n) is 4.07. The van der Waals surface area contributed by atoms with Gasteiger partial charge in [0.2, 0.25) is 0 Å². The minimum absolute atomic E-state index is 0.492. The summed E-state index contributed by atoms with van der Waals surface area (Å²) in [5, 5.41) is 10.7. The quantitative estimate of drug-likeness (QED) is 0.717. The van der Waals surface area contributed by atoms with E-state index in [9.17, 15) is 9.18 Å². The smallest absolute Gasteiger partial charge is 0.284 e. The first-order chi connectivity index (χ1) is 6.74. The lowest BCUT2D eigenvalue weighted by Crippen LogP contribution is -2.12. The normalized spacial score (nSPS) is 11.1. The van der Waals surface area contributed by atoms with Crippen LogP contribution in [0.15, 0.2) is 42.2 Å². The highest BCUT2D eigenvalue weighted by Gasteiger charge is 2.07. The zero-order chi connectivity index (χ0) is 10.4. The van der Waals surface area contributed by atoms with Crippen LogP contribution >= 0.6 is 0 Å². The zero-order valence-electron chi connectivity index (χ0n) is 7.40. The predicted octanol–water partition coefficient (Wildman–Crippen LogP) is 1.47. The van der Waals surface area contributed by atoms with Crippen LogP contribution in [0.25, 0.3) is 0 Å². The first kappa shape index (κ1) is 10.4. The van der Waals surface area contributed by atoms with Crippen molar-refractivity contribution in [2.75, 3.05) is 11.9 Å². The second-order valence-corrected chi connectivity index (χ2v) is 2.55. The predicted molar refractivity (Wildman–Crippen MR) is 51.3 cm³/mol. The molecule has 0 aliphatic rings. The van der Waals surface area contributed by atoms with E-state index in [2.05, 4.69) is 5.32 Å². The van der Waals surface area contributed by atoms with Crippen LogP contribution in [0.4, 0.5) is 10.1 Å². The molecule has 1 aromatic carbocycles. The molecule has 14 heavy (non-hydrogen) atoms. The Morgan fingerprint density at radius 1 is 1.43 bits per heavy atom. The zero-order valence-corrected chi connectivity index (χ0v) is 7.40. The van der Waals surface area contributed by atoms with E-state index >= 15 is 0 Å². The van der Waals surface area contributed by atoms with Gasteiger partial charge in [0.1, 0.15) is 0 Å². The van der Waals surface area contributed by atoms with Crippen LogP contribution in [0.3, 0.4) is 0 Å². The van der Waals surface area contributed by atoms with Crippen molar-refractivity contribution in [3.8, 4) is 0 Å². The highest BCUT2D eigenvalue weighted by atomic mass is 19.1. The van der Waals surface area contributed by atoms with Crippen LogP contribution in [-0.4, -0.2) is 17.6 Å². The lowest BCUT2D eigenvalue weighted by molar-refractivity contribution is -0.114. The average molecular weight is 195 g/mol. The third kappa shape index (κ3) is 2.99. The molecular formula is C10H10FNO2. The molecule has 1 rings (SSSR count). The molecule has 0 fully saturated rings. The summed E-state index contributed by atoms with van der Waals surface area (Å²) in [5.41, 5.74) is 0.513. The van der Waals surface area contributed by atoms with Gasteiger partial charge in [0.25, 0.3) is 5.91 Å². The Kier molecular flexibility index (Phi) is 3.82. The number of amides is 1. The van der Waals surface area contributed by atoms with E-state index in [-0.39, 0.29) is 0 Å². The topological polar surface area (TPSA) is 49.3 Å². The monoisotopic (exact) mass is 195 g/mol. The molecular weight excluding hydrogens is 185 g/mol. The van der Waals surface area contributed by atoms with Crippen molar-refractivity contribution in [3.05, 3.63) is 42.2 Å². The number of hydrogen-bond acceptors (Lipinski definition) is 2. The fraction of sp³-hybridized carbons (Fsp3) is 0.100. The van der Waals surface area contributed by atoms with Gasteiger partial charge in [-0.05, 0) is 18.2 Å². The van der Waals surface area contributed by atoms with Gasteiger partial charge in [-0.2, -0.15) is 0 Å². The Bertz CT molecular complexity index is 335. The average Bonchev–Trinajstić information content (AvgIpc) is 2.19. The molecule has 0 saturated carbocycles. The van der Waals surface area contributed by atoms with E-state index in [1.54, 1.807) is 30.3 Å². The third-order valence-electron chi connectivity index (χ3n) is 1.52. The summed E-state index contributed by atoms with van der Waals surface area (Å²) >= 11 is 0. The van der Waals surface area contributed by atoms with Crippen LogP contribution in [0.5, 0.6) is 0 Å². The maximum atomic E-state index is 12.8. The van der Waals surface area contributed by atoms with E-state index in [4.69, 9.17) is 5.11 Å². The van der Waals surface area contributed by atoms with Crippen molar-refractivity contribution < 1.29 is 14.3 Å². The van der Waals surface area contributed by atoms with Crippen molar-refractivity contribution in [1.82, 2.24) is 0 Å². The van der Waals surface area contributed by atoms with Gasteiger partial charge in [-0.25, -0.2) is 4.39 Å². The molecule has 1 aromatic rings. The maximum Gasteiger partial charge on any atom is 0.284 e. The first-order valence-corrected chi connectivity index (χ1v) is 4.07. The minimum Gasteiger partial charge on any atom is -0.392 e. The molecule has 0 bridgehead atoms. The number of nitrogens with one attached hydrogen (secondary N) is 1. The van der Waals surface area contributed by atoms with Gasteiger partial charge >= 0.3 is 0 Å². The number of carbonyl (C=O) groups excluding carboxylic acids is 1. The molecule has 0 aromatic heterocycles. The fourth-order valence-corrected chi connectivity index (χ4v) is 0.885. The second kappa shape index (κ2) is 5.14. The number of aliphatic hydroxyl groups is 1. The number of aliphatic hydroxyl groups excluding tert-OH is 1. The maximum absolute atomic E-state index is 12.8. The van der Waals surface area contributed by atoms with Gasteiger partial charge in [0.05, 0.1) is 6.61 Å². The number of rotatable bonds is 3. The van der Waals surface area contributed by atoms with Gasteiger partial charge in [-0.1, -0.05) is 18.2 Å². The van der Waals surface area contributed by atoms with E-state index in [0.29, 0.717) is 5.69 Å². The summed E-state index contributed by atoms with van der Waals surface area (Å²) < 4.78 is 12.8. The van der Waals surface area contributed by atoms with Crippen LogP contribution in [0, 0.1) is 0 Å². The number of carbonyl (C=O) groups is 1. The van der Waals surface area contributed by atoms with Crippen molar-refractivity contribution in [3.63, 3.8) is 0 Å². The fourth-order valence-electron chi connectivity index (χ4n) is 0.885. The Balaban J connectivity index is 2.62. The van der Waals surface area contributed by atoms with Crippen LogP contribution in [0.2, 0.25) is 0 Å². The van der Waals surface area contributed by atoms with E-state index in [1.165, 1.54) is 0 Å². The summed E-state index contributed by atoms with van der Waals surface area (Å²) in [7, 11) is 0. The molecule has 0 spiro atoms. The SMILES string of the molecule is O=C(Nc1ccccc1)/C(F)=C\CO. The van der Waals surface area contributed by atoms with E-state index in [1.807, 2.05) is 0 Å². The molecule has 0 radical (unpaired) electrons. The van der Waals surface area contributed by atoms with Crippen molar-refractivity contribution in [1.29, 1.82) is 0 Å². The number of para-hydroxylation sites is 1. The lowest BCUT2D eigenvalue weighted by Gasteiger charge is -2.01. The van der Waals surface area contributed by atoms with Gasteiger partial charge in [0.15, 0.2) is 5.83 Å². The molecule has 4 heteroatoms. The standard InChI is InChI=1S/C10H10FNO2/c11-9(6-7-13)10(14)12-8-4-2-1-3-5-8/h1-6,13H,7H2,(H,12,14)/b9-6+. The molecule has 0 unspecified atom stereocenters. The Hall–Kier alpha value is -1.68. The number of benzene rings is 1. The highest BCUT2D eigenvalue weighted by Crippen LogP contribution is 2.07. The van der Waals surface area contributed by atoms with E-state index < -0.39 is 18.3 Å². The largest absolute Gasteiger partial charge is 0.392 e.